The molecule has 1 nitrogen and oxygen atoms in total. The third-order valence-electron chi connectivity index (χ3n) is 4.56. The van der Waals surface area contributed by atoms with E-state index in [0.29, 0.717) is 5.92 Å². The molecule has 1 N–H and O–H groups in total. The van der Waals surface area contributed by atoms with Gasteiger partial charge in [0.2, 0.25) is 0 Å². The van der Waals surface area contributed by atoms with Crippen molar-refractivity contribution in [2.45, 2.75) is 51.9 Å². The van der Waals surface area contributed by atoms with Crippen LogP contribution in [0.25, 0.3) is 0 Å². The van der Waals surface area contributed by atoms with Crippen LogP contribution < -0.4 is 5.32 Å². The summed E-state index contributed by atoms with van der Waals surface area (Å²) in [5.74, 6) is 1.41. The Labute approximate surface area is 123 Å². The van der Waals surface area contributed by atoms with E-state index >= 15 is 0 Å². The normalized spacial score (nSPS) is 18.1. The topological polar surface area (TPSA) is 12.0 Å². The minimum atomic E-state index is -0.132. The lowest BCUT2D eigenvalue weighted by Gasteiger charge is -2.30. The van der Waals surface area contributed by atoms with E-state index in [1.165, 1.54) is 44.1 Å². The molecule has 0 spiro atoms. The second-order valence-electron chi connectivity index (χ2n) is 6.19. The van der Waals surface area contributed by atoms with Crippen LogP contribution in [0.15, 0.2) is 24.3 Å². The summed E-state index contributed by atoms with van der Waals surface area (Å²) in [6.07, 6.45) is 9.20. The largest absolute Gasteiger partial charge is 0.316 e. The molecule has 1 unspecified atom stereocenters. The van der Waals surface area contributed by atoms with Gasteiger partial charge in [0, 0.05) is 0 Å². The maximum Gasteiger partial charge on any atom is 0.123 e. The first-order valence-electron chi connectivity index (χ1n) is 8.24. The molecule has 1 aromatic carbocycles. The number of nitrogens with one attached hydrogen (secondary N) is 1. The van der Waals surface area contributed by atoms with Crippen LogP contribution in [0.1, 0.15) is 51.0 Å². The minimum absolute atomic E-state index is 0.132. The molecular weight excluding hydrogens is 249 g/mol. The van der Waals surface area contributed by atoms with E-state index < -0.39 is 0 Å². The molecule has 0 aliphatic heterocycles. The van der Waals surface area contributed by atoms with Gasteiger partial charge >= 0.3 is 0 Å². The quantitative estimate of drug-likeness (QED) is 0.720. The highest BCUT2D eigenvalue weighted by atomic mass is 19.1. The highest BCUT2D eigenvalue weighted by Gasteiger charge is 2.23. The Morgan fingerprint density at radius 2 is 1.85 bits per heavy atom. The summed E-state index contributed by atoms with van der Waals surface area (Å²) in [6, 6.07) is 7.08. The van der Waals surface area contributed by atoms with Crippen LogP contribution in [0.4, 0.5) is 4.39 Å². The monoisotopic (exact) mass is 277 g/mol. The molecule has 0 amide bonds. The molecule has 0 heterocycles. The van der Waals surface area contributed by atoms with E-state index in [9.17, 15) is 4.39 Å². The number of halogens is 1. The third-order valence-corrected chi connectivity index (χ3v) is 4.56. The van der Waals surface area contributed by atoms with Crippen molar-refractivity contribution in [3.05, 3.63) is 35.6 Å². The summed E-state index contributed by atoms with van der Waals surface area (Å²) in [4.78, 5) is 0. The summed E-state index contributed by atoms with van der Waals surface area (Å²) in [7, 11) is 0. The van der Waals surface area contributed by atoms with Crippen LogP contribution in [-0.2, 0) is 6.42 Å². The smallest absolute Gasteiger partial charge is 0.123 e. The number of benzene rings is 1. The zero-order valence-corrected chi connectivity index (χ0v) is 12.7. The summed E-state index contributed by atoms with van der Waals surface area (Å²) in [5.41, 5.74) is 1.28. The average Bonchev–Trinajstić information content (AvgIpc) is 2.49. The first kappa shape index (κ1) is 15.5. The van der Waals surface area contributed by atoms with Crippen molar-refractivity contribution in [3.8, 4) is 0 Å². The molecule has 2 rings (SSSR count). The maximum atomic E-state index is 13.0. The summed E-state index contributed by atoms with van der Waals surface area (Å²) >= 11 is 0. The number of rotatable bonds is 7. The fourth-order valence-electron chi connectivity index (χ4n) is 3.40. The molecule has 1 saturated carbocycles. The predicted octanol–water partition coefficient (Wildman–Crippen LogP) is 4.56. The Morgan fingerprint density at radius 1 is 1.15 bits per heavy atom. The number of hydrogen-bond donors (Lipinski definition) is 1. The second-order valence-corrected chi connectivity index (χ2v) is 6.19. The molecule has 1 aromatic rings. The molecule has 20 heavy (non-hydrogen) atoms. The molecule has 0 bridgehead atoms. The molecule has 0 radical (unpaired) electrons. The van der Waals surface area contributed by atoms with Crippen LogP contribution in [-0.4, -0.2) is 13.1 Å². The molecule has 112 valence electrons. The molecule has 1 fully saturated rings. The van der Waals surface area contributed by atoms with E-state index in [1.54, 1.807) is 12.1 Å². The first-order chi connectivity index (χ1) is 9.79. The van der Waals surface area contributed by atoms with E-state index in [1.807, 2.05) is 12.1 Å². The fourth-order valence-corrected chi connectivity index (χ4v) is 3.40. The molecule has 1 aliphatic rings. The second kappa shape index (κ2) is 8.41. The van der Waals surface area contributed by atoms with Crippen LogP contribution in [0.3, 0.4) is 0 Å². The lowest BCUT2D eigenvalue weighted by atomic mass is 9.77. The van der Waals surface area contributed by atoms with Crippen molar-refractivity contribution >= 4 is 0 Å². The highest BCUT2D eigenvalue weighted by Crippen LogP contribution is 2.31. The third kappa shape index (κ3) is 4.90. The average molecular weight is 277 g/mol. The highest BCUT2D eigenvalue weighted by molar-refractivity contribution is 5.16. The maximum absolute atomic E-state index is 13.0. The Hall–Kier alpha value is -0.890. The van der Waals surface area contributed by atoms with Gasteiger partial charge in [0.1, 0.15) is 5.82 Å². The number of hydrogen-bond acceptors (Lipinski definition) is 1. The van der Waals surface area contributed by atoms with Gasteiger partial charge in [-0.05, 0) is 55.5 Å². The van der Waals surface area contributed by atoms with Crippen molar-refractivity contribution < 1.29 is 4.39 Å². The predicted molar refractivity (Wildman–Crippen MR) is 83.3 cm³/mol. The lowest BCUT2D eigenvalue weighted by Crippen LogP contribution is -2.31. The van der Waals surface area contributed by atoms with Gasteiger partial charge in [-0.25, -0.2) is 4.39 Å². The molecule has 2 heteroatoms. The van der Waals surface area contributed by atoms with Crippen molar-refractivity contribution in [2.24, 2.45) is 11.8 Å². The van der Waals surface area contributed by atoms with E-state index in [0.717, 1.165) is 25.4 Å². The lowest BCUT2D eigenvalue weighted by molar-refractivity contribution is 0.240. The van der Waals surface area contributed by atoms with E-state index in [2.05, 4.69) is 12.2 Å². The standard InChI is InChI=1S/C18H28FN/c1-2-12-20-14-17(16-6-4-3-5-7-16)13-15-8-10-18(19)11-9-15/h8-11,16-17,20H,2-7,12-14H2,1H3. The molecule has 1 aliphatic carbocycles. The Morgan fingerprint density at radius 3 is 2.50 bits per heavy atom. The van der Waals surface area contributed by atoms with Gasteiger partial charge in [-0.15, -0.1) is 0 Å². The van der Waals surface area contributed by atoms with Crippen molar-refractivity contribution in [2.75, 3.05) is 13.1 Å². The Balaban J connectivity index is 1.95. The van der Waals surface area contributed by atoms with Crippen LogP contribution in [0, 0.1) is 17.7 Å². The summed E-state index contributed by atoms with van der Waals surface area (Å²) < 4.78 is 13.0. The van der Waals surface area contributed by atoms with Crippen molar-refractivity contribution in [1.29, 1.82) is 0 Å². The molecular formula is C18H28FN. The van der Waals surface area contributed by atoms with Crippen LogP contribution >= 0.6 is 0 Å². The van der Waals surface area contributed by atoms with Crippen LogP contribution in [0.5, 0.6) is 0 Å². The zero-order chi connectivity index (χ0) is 14.2. The Kier molecular flexibility index (Phi) is 6.52. The molecule has 0 saturated heterocycles. The van der Waals surface area contributed by atoms with Gasteiger partial charge in [0.15, 0.2) is 0 Å². The van der Waals surface area contributed by atoms with Gasteiger partial charge in [-0.1, -0.05) is 51.2 Å². The van der Waals surface area contributed by atoms with E-state index in [4.69, 9.17) is 0 Å². The van der Waals surface area contributed by atoms with Gasteiger partial charge < -0.3 is 5.32 Å². The molecule has 1 atom stereocenters. The van der Waals surface area contributed by atoms with Crippen LogP contribution in [0.2, 0.25) is 0 Å². The van der Waals surface area contributed by atoms with Crippen molar-refractivity contribution in [3.63, 3.8) is 0 Å². The van der Waals surface area contributed by atoms with Gasteiger partial charge in [0.05, 0.1) is 0 Å². The summed E-state index contributed by atoms with van der Waals surface area (Å²) in [6.45, 7) is 4.42. The first-order valence-corrected chi connectivity index (χ1v) is 8.24. The SMILES string of the molecule is CCCNCC(Cc1ccc(F)cc1)C1CCCCC1. The van der Waals surface area contributed by atoms with Gasteiger partial charge in [0.25, 0.3) is 0 Å². The fraction of sp³-hybridized carbons (Fsp3) is 0.667. The van der Waals surface area contributed by atoms with Gasteiger partial charge in [-0.2, -0.15) is 0 Å². The van der Waals surface area contributed by atoms with E-state index in [-0.39, 0.29) is 5.82 Å². The molecule has 0 aromatic heterocycles. The van der Waals surface area contributed by atoms with Crippen molar-refractivity contribution in [1.82, 2.24) is 5.32 Å². The Bertz CT molecular complexity index is 368. The minimum Gasteiger partial charge on any atom is -0.316 e. The van der Waals surface area contributed by atoms with Gasteiger partial charge in [-0.3, -0.25) is 0 Å². The zero-order valence-electron chi connectivity index (χ0n) is 12.7. The summed E-state index contributed by atoms with van der Waals surface area (Å²) in [5, 5.41) is 3.59.